The number of carbonyl (C=O) groups excluding carboxylic acids is 2. The molecule has 1 unspecified atom stereocenters. The lowest BCUT2D eigenvalue weighted by Gasteiger charge is -2.37. The van der Waals surface area contributed by atoms with Gasteiger partial charge in [-0.1, -0.05) is 20.8 Å². The molecule has 0 aliphatic carbocycles. The van der Waals surface area contributed by atoms with Crippen molar-refractivity contribution in [3.05, 3.63) is 5.53 Å². The number of ether oxygens (including phenoxy) is 1. The summed E-state index contributed by atoms with van der Waals surface area (Å²) in [4.78, 5) is 27.9. The van der Waals surface area contributed by atoms with E-state index < -0.39 is 26.2 Å². The minimum absolute atomic E-state index is 0.00677. The molecule has 0 aromatic heterocycles. The zero-order chi connectivity index (χ0) is 16.4. The van der Waals surface area contributed by atoms with Gasteiger partial charge in [0.15, 0.2) is 21.1 Å². The predicted molar refractivity (Wildman–Crippen MR) is 79.0 cm³/mol. The fourth-order valence-electron chi connectivity index (χ4n) is 1.56. The summed E-state index contributed by atoms with van der Waals surface area (Å²) < 4.78 is 10.9. The zero-order valence-electron chi connectivity index (χ0n) is 13.5. The van der Waals surface area contributed by atoms with Crippen molar-refractivity contribution in [2.24, 2.45) is 0 Å². The van der Waals surface area contributed by atoms with Crippen LogP contribution in [0.1, 0.15) is 27.7 Å². The van der Waals surface area contributed by atoms with Crippen LogP contribution in [0, 0.1) is 0 Å². The van der Waals surface area contributed by atoms with Crippen molar-refractivity contribution in [3.8, 4) is 0 Å². The van der Waals surface area contributed by atoms with Crippen molar-refractivity contribution in [1.82, 2.24) is 4.90 Å². The van der Waals surface area contributed by atoms with Crippen molar-refractivity contribution >= 4 is 25.9 Å². The summed E-state index contributed by atoms with van der Waals surface area (Å²) in [5, 5.41) is 0.00677. The molecule has 1 rings (SSSR count). The predicted octanol–water partition coefficient (Wildman–Crippen LogP) is 1.41. The van der Waals surface area contributed by atoms with Crippen molar-refractivity contribution in [2.45, 2.75) is 51.9 Å². The summed E-state index contributed by atoms with van der Waals surface area (Å²) in [6.45, 7) is 11.7. The van der Waals surface area contributed by atoms with E-state index in [4.69, 9.17) is 14.7 Å². The molecule has 0 aromatic carbocycles. The smallest absolute Gasteiger partial charge is 0.353 e. The molecule has 0 radical (unpaired) electrons. The lowest BCUT2D eigenvalue weighted by atomic mass is 10.2. The van der Waals surface area contributed by atoms with Gasteiger partial charge >= 0.3 is 17.6 Å². The van der Waals surface area contributed by atoms with E-state index in [-0.39, 0.29) is 24.1 Å². The van der Waals surface area contributed by atoms with E-state index in [2.05, 4.69) is 38.7 Å². The average Bonchev–Trinajstić information content (AvgIpc) is 2.74. The highest BCUT2D eigenvalue weighted by Crippen LogP contribution is 2.36. The number of esters is 1. The van der Waals surface area contributed by atoms with Gasteiger partial charge in [0.2, 0.25) is 0 Å². The van der Waals surface area contributed by atoms with E-state index in [0.717, 1.165) is 0 Å². The molecule has 0 bridgehead atoms. The first-order chi connectivity index (χ1) is 9.51. The Balaban J connectivity index is 2.83. The Kier molecular flexibility index (Phi) is 5.09. The van der Waals surface area contributed by atoms with Crippen LogP contribution in [0.5, 0.6) is 0 Å². The summed E-state index contributed by atoms with van der Waals surface area (Å²) in [5.74, 6) is -1.03. The average molecular weight is 313 g/mol. The van der Waals surface area contributed by atoms with Gasteiger partial charge in [-0.2, -0.15) is 4.79 Å². The number of amides is 1. The van der Waals surface area contributed by atoms with Gasteiger partial charge in [0.05, 0.1) is 6.61 Å². The first-order valence-electron chi connectivity index (χ1n) is 6.81. The van der Waals surface area contributed by atoms with Crippen molar-refractivity contribution in [3.63, 3.8) is 0 Å². The Morgan fingerprint density at radius 2 is 2.10 bits per heavy atom. The Hall–Kier alpha value is -1.50. The fourth-order valence-corrected chi connectivity index (χ4v) is 2.57. The van der Waals surface area contributed by atoms with Crippen LogP contribution < -0.4 is 0 Å². The fraction of sp³-hybridized carbons (Fsp3) is 0.769. The lowest BCUT2D eigenvalue weighted by molar-refractivity contribution is -0.140. The number of hydrogen-bond donors (Lipinski definition) is 0. The van der Waals surface area contributed by atoms with E-state index in [9.17, 15) is 9.59 Å². The van der Waals surface area contributed by atoms with Crippen LogP contribution in [0.25, 0.3) is 5.53 Å². The molecule has 7 nitrogen and oxygen atoms in total. The summed E-state index contributed by atoms with van der Waals surface area (Å²) in [7, 11) is -2.03. The standard InChI is InChI=1S/C13H23N3O4Si/c1-9(15-14)11(17)16-8-19-12(18)10(16)7-20-21(5,6)13(2,3)4/h10H,7-8H2,1-6H3. The topological polar surface area (TPSA) is 92.2 Å². The molecule has 118 valence electrons. The Bertz CT molecular complexity index is 492. The molecule has 0 N–H and O–H groups in total. The molecular weight excluding hydrogens is 290 g/mol. The molecule has 1 aliphatic rings. The van der Waals surface area contributed by atoms with E-state index in [1.54, 1.807) is 0 Å². The number of cyclic esters (lactones) is 1. The zero-order valence-corrected chi connectivity index (χ0v) is 14.5. The first-order valence-corrected chi connectivity index (χ1v) is 9.72. The molecule has 0 spiro atoms. The van der Waals surface area contributed by atoms with Crippen molar-refractivity contribution in [2.75, 3.05) is 13.3 Å². The molecule has 1 atom stereocenters. The van der Waals surface area contributed by atoms with Gasteiger partial charge in [0.25, 0.3) is 0 Å². The molecule has 8 heteroatoms. The largest absolute Gasteiger partial charge is 0.443 e. The van der Waals surface area contributed by atoms with Crippen LogP contribution >= 0.6 is 0 Å². The van der Waals surface area contributed by atoms with Gasteiger partial charge in [-0.25, -0.2) is 4.79 Å². The lowest BCUT2D eigenvalue weighted by Crippen LogP contribution is -2.48. The maximum absolute atomic E-state index is 12.0. The molecule has 1 aliphatic heterocycles. The summed E-state index contributed by atoms with van der Waals surface area (Å²) >= 11 is 0. The maximum atomic E-state index is 12.0. The second kappa shape index (κ2) is 6.09. The van der Waals surface area contributed by atoms with E-state index >= 15 is 0 Å². The summed E-state index contributed by atoms with van der Waals surface area (Å²) in [6, 6.07) is -0.789. The normalized spacial score (nSPS) is 19.2. The van der Waals surface area contributed by atoms with Gasteiger partial charge in [-0.05, 0) is 18.1 Å². The quantitative estimate of drug-likeness (QED) is 0.258. The first kappa shape index (κ1) is 17.5. The van der Waals surface area contributed by atoms with Crippen LogP contribution in [-0.2, 0) is 18.8 Å². The molecule has 1 amide bonds. The summed E-state index contributed by atoms with van der Waals surface area (Å²) in [6.07, 6.45) is 0. The highest BCUT2D eigenvalue weighted by Gasteiger charge is 2.44. The minimum Gasteiger partial charge on any atom is -0.443 e. The summed E-state index contributed by atoms with van der Waals surface area (Å²) in [5.41, 5.74) is 8.58. The SMILES string of the molecule is CC(=[N+]=[N-])C(=O)N1COC(=O)C1CO[Si](C)(C)C(C)(C)C. The molecule has 1 saturated heterocycles. The van der Waals surface area contributed by atoms with Crippen LogP contribution in [0.3, 0.4) is 0 Å². The maximum Gasteiger partial charge on any atom is 0.353 e. The van der Waals surface area contributed by atoms with Gasteiger partial charge < -0.3 is 14.7 Å². The van der Waals surface area contributed by atoms with Crippen LogP contribution in [0.15, 0.2) is 0 Å². The van der Waals surface area contributed by atoms with Gasteiger partial charge in [-0.15, -0.1) is 0 Å². The number of rotatable bonds is 4. The van der Waals surface area contributed by atoms with E-state index in [0.29, 0.717) is 0 Å². The molecule has 1 fully saturated rings. The highest BCUT2D eigenvalue weighted by atomic mass is 28.4. The van der Waals surface area contributed by atoms with Crippen LogP contribution in [-0.4, -0.2) is 55.0 Å². The Morgan fingerprint density at radius 1 is 1.52 bits per heavy atom. The molecule has 0 saturated carbocycles. The van der Waals surface area contributed by atoms with Gasteiger partial charge in [0.1, 0.15) is 0 Å². The van der Waals surface area contributed by atoms with Crippen molar-refractivity contribution < 1.29 is 23.5 Å². The third-order valence-corrected chi connectivity index (χ3v) is 8.62. The minimum atomic E-state index is -2.03. The number of nitrogens with zero attached hydrogens (tertiary/aromatic N) is 3. The number of carbonyl (C=O) groups is 2. The van der Waals surface area contributed by atoms with Gasteiger partial charge in [0, 0.05) is 6.92 Å². The second-order valence-electron chi connectivity index (χ2n) is 6.64. The number of hydrogen-bond acceptors (Lipinski definition) is 4. The van der Waals surface area contributed by atoms with E-state index in [1.807, 2.05) is 0 Å². The highest BCUT2D eigenvalue weighted by molar-refractivity contribution is 6.74. The van der Waals surface area contributed by atoms with Crippen molar-refractivity contribution in [1.29, 1.82) is 0 Å². The second-order valence-corrected chi connectivity index (χ2v) is 11.4. The molecule has 1 heterocycles. The van der Waals surface area contributed by atoms with Gasteiger partial charge in [-0.3, -0.25) is 9.69 Å². The van der Waals surface area contributed by atoms with Crippen LogP contribution in [0.2, 0.25) is 18.1 Å². The Labute approximate surface area is 126 Å². The third kappa shape index (κ3) is 3.78. The monoisotopic (exact) mass is 313 g/mol. The van der Waals surface area contributed by atoms with E-state index in [1.165, 1.54) is 11.8 Å². The molecule has 0 aromatic rings. The molecular formula is C13H23N3O4Si. The van der Waals surface area contributed by atoms with Crippen LogP contribution in [0.4, 0.5) is 0 Å². The molecule has 21 heavy (non-hydrogen) atoms. The third-order valence-electron chi connectivity index (χ3n) is 4.12. The Morgan fingerprint density at radius 3 is 2.57 bits per heavy atom.